The molecule has 1 rings (SSSR count). The second kappa shape index (κ2) is 5.72. The van der Waals surface area contributed by atoms with Gasteiger partial charge in [-0.15, -0.1) is 0 Å². The molecule has 0 aliphatic carbocycles. The normalized spacial score (nSPS) is 22.6. The maximum atomic E-state index is 11.8. The first-order chi connectivity index (χ1) is 7.54. The van der Waals surface area contributed by atoms with Crippen LogP contribution in [0, 0.1) is 5.92 Å². The van der Waals surface area contributed by atoms with Gasteiger partial charge in [0.1, 0.15) is 0 Å². The van der Waals surface area contributed by atoms with Crippen LogP contribution in [0.2, 0.25) is 0 Å². The van der Waals surface area contributed by atoms with Crippen LogP contribution in [0.1, 0.15) is 33.1 Å². The van der Waals surface area contributed by atoms with E-state index in [2.05, 4.69) is 5.32 Å². The first-order valence-corrected chi connectivity index (χ1v) is 5.89. The Morgan fingerprint density at radius 3 is 2.81 bits per heavy atom. The van der Waals surface area contributed by atoms with Crippen molar-refractivity contribution in [1.82, 2.24) is 10.2 Å². The lowest BCUT2D eigenvalue weighted by Crippen LogP contribution is -2.48. The van der Waals surface area contributed by atoms with Crippen molar-refractivity contribution in [3.05, 3.63) is 0 Å². The summed E-state index contributed by atoms with van der Waals surface area (Å²) in [5, 5.41) is 2.94. The van der Waals surface area contributed by atoms with Crippen molar-refractivity contribution < 1.29 is 9.59 Å². The van der Waals surface area contributed by atoms with Gasteiger partial charge in [0, 0.05) is 19.1 Å². The van der Waals surface area contributed by atoms with E-state index < -0.39 is 6.03 Å². The van der Waals surface area contributed by atoms with Crippen LogP contribution in [-0.4, -0.2) is 36.0 Å². The van der Waals surface area contributed by atoms with E-state index in [1.165, 1.54) is 0 Å². The Hall–Kier alpha value is -1.26. The molecule has 2 atom stereocenters. The number of carbonyl (C=O) groups excluding carboxylic acids is 2. The summed E-state index contributed by atoms with van der Waals surface area (Å²) in [5.41, 5.74) is 5.21. The van der Waals surface area contributed by atoms with Crippen LogP contribution < -0.4 is 11.1 Å². The summed E-state index contributed by atoms with van der Waals surface area (Å²) in [6, 6.07) is -0.238. The lowest BCUT2D eigenvalue weighted by atomic mass is 9.97. The molecule has 0 aromatic heterocycles. The SMILES string of the molecule is CCC(C)NC(=O)C1CCCN(C(N)=O)C1. The van der Waals surface area contributed by atoms with Crippen molar-refractivity contribution in [2.75, 3.05) is 13.1 Å². The molecule has 3 N–H and O–H groups in total. The highest BCUT2D eigenvalue weighted by molar-refractivity contribution is 5.80. The predicted molar refractivity (Wildman–Crippen MR) is 61.8 cm³/mol. The number of urea groups is 1. The maximum absolute atomic E-state index is 11.8. The predicted octanol–water partition coefficient (Wildman–Crippen LogP) is 0.692. The molecular weight excluding hydrogens is 206 g/mol. The standard InChI is InChI=1S/C11H21N3O2/c1-3-8(2)13-10(15)9-5-4-6-14(7-9)11(12)16/h8-9H,3-7H2,1-2H3,(H2,12,16)(H,13,15). The van der Waals surface area contributed by atoms with E-state index in [1.54, 1.807) is 4.90 Å². The number of amides is 3. The van der Waals surface area contributed by atoms with Crippen LogP contribution in [-0.2, 0) is 4.79 Å². The highest BCUT2D eigenvalue weighted by Gasteiger charge is 2.27. The van der Waals surface area contributed by atoms with Crippen molar-refractivity contribution in [3.63, 3.8) is 0 Å². The molecule has 0 spiro atoms. The van der Waals surface area contributed by atoms with Crippen molar-refractivity contribution in [2.45, 2.75) is 39.2 Å². The van der Waals surface area contributed by atoms with Gasteiger partial charge in [0.05, 0.1) is 5.92 Å². The lowest BCUT2D eigenvalue weighted by molar-refractivity contribution is -0.126. The van der Waals surface area contributed by atoms with Crippen LogP contribution in [0.15, 0.2) is 0 Å². The zero-order valence-corrected chi connectivity index (χ0v) is 10.0. The average molecular weight is 227 g/mol. The number of rotatable bonds is 3. The third-order valence-corrected chi connectivity index (χ3v) is 3.10. The van der Waals surface area contributed by atoms with Gasteiger partial charge in [-0.2, -0.15) is 0 Å². The Labute approximate surface area is 96.4 Å². The first-order valence-electron chi connectivity index (χ1n) is 5.89. The molecule has 0 bridgehead atoms. The minimum atomic E-state index is -0.430. The van der Waals surface area contributed by atoms with Gasteiger partial charge in [-0.25, -0.2) is 4.79 Å². The molecule has 1 saturated heterocycles. The molecule has 1 aliphatic rings. The van der Waals surface area contributed by atoms with Crippen LogP contribution in [0.25, 0.3) is 0 Å². The maximum Gasteiger partial charge on any atom is 0.314 e. The molecule has 0 aromatic rings. The van der Waals surface area contributed by atoms with Gasteiger partial charge in [0.15, 0.2) is 0 Å². The van der Waals surface area contributed by atoms with E-state index in [1.807, 2.05) is 13.8 Å². The number of nitrogens with one attached hydrogen (secondary N) is 1. The Morgan fingerprint density at radius 1 is 1.56 bits per heavy atom. The number of hydrogen-bond donors (Lipinski definition) is 2. The number of likely N-dealkylation sites (tertiary alicyclic amines) is 1. The summed E-state index contributed by atoms with van der Waals surface area (Å²) in [6.07, 6.45) is 2.60. The van der Waals surface area contributed by atoms with Crippen molar-refractivity contribution in [3.8, 4) is 0 Å². The number of primary amides is 1. The van der Waals surface area contributed by atoms with E-state index >= 15 is 0 Å². The molecule has 5 nitrogen and oxygen atoms in total. The molecule has 3 amide bonds. The van der Waals surface area contributed by atoms with E-state index in [9.17, 15) is 9.59 Å². The summed E-state index contributed by atoms with van der Waals surface area (Å²) in [5.74, 6) is -0.0597. The van der Waals surface area contributed by atoms with Crippen molar-refractivity contribution >= 4 is 11.9 Å². The monoisotopic (exact) mass is 227 g/mol. The van der Waals surface area contributed by atoms with E-state index in [4.69, 9.17) is 5.73 Å². The quantitative estimate of drug-likeness (QED) is 0.744. The van der Waals surface area contributed by atoms with E-state index in [0.717, 1.165) is 19.3 Å². The highest BCUT2D eigenvalue weighted by Crippen LogP contribution is 2.16. The molecule has 1 fully saturated rings. The van der Waals surface area contributed by atoms with Gasteiger partial charge in [-0.05, 0) is 26.2 Å². The third kappa shape index (κ3) is 3.40. The largest absolute Gasteiger partial charge is 0.353 e. The highest BCUT2D eigenvalue weighted by atomic mass is 16.2. The van der Waals surface area contributed by atoms with Gasteiger partial charge >= 0.3 is 6.03 Å². The van der Waals surface area contributed by atoms with Crippen LogP contribution in [0.5, 0.6) is 0 Å². The Kier molecular flexibility index (Phi) is 4.58. The molecule has 5 heteroatoms. The van der Waals surface area contributed by atoms with Crippen LogP contribution in [0.4, 0.5) is 4.79 Å². The minimum Gasteiger partial charge on any atom is -0.353 e. The van der Waals surface area contributed by atoms with Gasteiger partial charge in [-0.3, -0.25) is 4.79 Å². The van der Waals surface area contributed by atoms with Crippen LogP contribution >= 0.6 is 0 Å². The molecule has 92 valence electrons. The van der Waals surface area contributed by atoms with E-state index in [-0.39, 0.29) is 17.9 Å². The van der Waals surface area contributed by atoms with Crippen LogP contribution in [0.3, 0.4) is 0 Å². The molecule has 0 aromatic carbocycles. The molecular formula is C11H21N3O2. The lowest BCUT2D eigenvalue weighted by Gasteiger charge is -2.31. The van der Waals surface area contributed by atoms with Crippen molar-refractivity contribution in [2.24, 2.45) is 11.7 Å². The second-order valence-corrected chi connectivity index (χ2v) is 4.44. The first kappa shape index (κ1) is 12.8. The molecule has 0 saturated carbocycles. The van der Waals surface area contributed by atoms with E-state index in [0.29, 0.717) is 13.1 Å². The Balaban J connectivity index is 2.47. The van der Waals surface area contributed by atoms with Crippen molar-refractivity contribution in [1.29, 1.82) is 0 Å². The van der Waals surface area contributed by atoms with Gasteiger partial charge in [0.25, 0.3) is 0 Å². The summed E-state index contributed by atoms with van der Waals surface area (Å²) >= 11 is 0. The average Bonchev–Trinajstić information content (AvgIpc) is 2.28. The zero-order valence-electron chi connectivity index (χ0n) is 10.0. The fourth-order valence-corrected chi connectivity index (χ4v) is 1.85. The fourth-order valence-electron chi connectivity index (χ4n) is 1.85. The Morgan fingerprint density at radius 2 is 2.25 bits per heavy atom. The topological polar surface area (TPSA) is 75.4 Å². The number of hydrogen-bond acceptors (Lipinski definition) is 2. The molecule has 1 heterocycles. The number of nitrogens with two attached hydrogens (primary N) is 1. The minimum absolute atomic E-state index is 0.0419. The Bertz CT molecular complexity index is 268. The molecule has 0 radical (unpaired) electrons. The number of nitrogens with zero attached hydrogens (tertiary/aromatic N) is 1. The van der Waals surface area contributed by atoms with Gasteiger partial charge in [0.2, 0.25) is 5.91 Å². The molecule has 16 heavy (non-hydrogen) atoms. The third-order valence-electron chi connectivity index (χ3n) is 3.10. The van der Waals surface area contributed by atoms with Gasteiger partial charge < -0.3 is 16.0 Å². The summed E-state index contributed by atoms with van der Waals surface area (Å²) in [6.45, 7) is 5.13. The molecule has 2 unspecified atom stereocenters. The van der Waals surface area contributed by atoms with Gasteiger partial charge in [-0.1, -0.05) is 6.92 Å². The number of piperidine rings is 1. The second-order valence-electron chi connectivity index (χ2n) is 4.44. The summed E-state index contributed by atoms with van der Waals surface area (Å²) in [7, 11) is 0. The zero-order chi connectivity index (χ0) is 12.1. The number of carbonyl (C=O) groups is 2. The smallest absolute Gasteiger partial charge is 0.314 e. The summed E-state index contributed by atoms with van der Waals surface area (Å²) < 4.78 is 0. The fraction of sp³-hybridized carbons (Fsp3) is 0.818. The summed E-state index contributed by atoms with van der Waals surface area (Å²) in [4.78, 5) is 24.4. The molecule has 1 aliphatic heterocycles.